The molecule has 0 aliphatic heterocycles. The van der Waals surface area contributed by atoms with Crippen LogP contribution in [0, 0.1) is 34.9 Å². The predicted octanol–water partition coefficient (Wildman–Crippen LogP) is 6.70. The van der Waals surface area contributed by atoms with Crippen LogP contribution in [0.15, 0.2) is 42.6 Å². The number of pyridine rings is 1. The highest BCUT2D eigenvalue weighted by Crippen LogP contribution is 2.23. The van der Waals surface area contributed by atoms with E-state index < -0.39 is 40.8 Å². The van der Waals surface area contributed by atoms with E-state index in [0.29, 0.717) is 0 Å². The molecule has 198 valence electrons. The first kappa shape index (κ1) is 27.5. The minimum absolute atomic E-state index is 0.0190. The van der Waals surface area contributed by atoms with E-state index in [1.807, 2.05) is 0 Å². The summed E-state index contributed by atoms with van der Waals surface area (Å²) in [6, 6.07) is 6.19. The molecule has 0 fully saturated rings. The van der Waals surface area contributed by atoms with Crippen molar-refractivity contribution in [1.29, 1.82) is 0 Å². The smallest absolute Gasteiger partial charge is 0.274 e. The number of carbonyl (C=O) groups is 1. The molecule has 0 bridgehead atoms. The quantitative estimate of drug-likeness (QED) is 0.145. The molecule has 5 nitrogen and oxygen atoms in total. The summed E-state index contributed by atoms with van der Waals surface area (Å²) >= 11 is 11.8. The van der Waals surface area contributed by atoms with Crippen LogP contribution in [0.1, 0.15) is 27.4 Å². The Morgan fingerprint density at radius 2 is 1.37 bits per heavy atom. The van der Waals surface area contributed by atoms with Gasteiger partial charge in [0.05, 0.1) is 11.9 Å². The first-order valence-corrected chi connectivity index (χ1v) is 11.7. The van der Waals surface area contributed by atoms with Gasteiger partial charge in [0.15, 0.2) is 40.1 Å². The van der Waals surface area contributed by atoms with Crippen LogP contribution in [-0.2, 0) is 25.8 Å². The number of nitrogens with one attached hydrogen (secondary N) is 1. The maximum absolute atomic E-state index is 13.7. The van der Waals surface area contributed by atoms with Crippen LogP contribution in [0.5, 0.6) is 0 Å². The lowest BCUT2D eigenvalue weighted by molar-refractivity contribution is 0.101. The van der Waals surface area contributed by atoms with Crippen LogP contribution < -0.4 is 5.32 Å². The fourth-order valence-electron chi connectivity index (χ4n) is 3.74. The monoisotopic (exact) mass is 572 g/mol. The molecule has 38 heavy (non-hydrogen) atoms. The molecule has 0 spiro atoms. The first-order valence-electron chi connectivity index (χ1n) is 11.0. The Balaban J connectivity index is 1.62. The molecular weight excluding hydrogens is 557 g/mol. The predicted molar refractivity (Wildman–Crippen MR) is 128 cm³/mol. The summed E-state index contributed by atoms with van der Waals surface area (Å²) in [6.07, 6.45) is 1.30. The number of carbonyl (C=O) groups excluding carboxylic acids is 1. The van der Waals surface area contributed by atoms with Crippen molar-refractivity contribution in [2.24, 2.45) is 0 Å². The Kier molecular flexibility index (Phi) is 8.27. The van der Waals surface area contributed by atoms with Crippen LogP contribution in [0.4, 0.5) is 32.0 Å². The van der Waals surface area contributed by atoms with E-state index >= 15 is 0 Å². The van der Waals surface area contributed by atoms with E-state index in [0.717, 1.165) is 24.3 Å². The second kappa shape index (κ2) is 11.4. The zero-order chi connectivity index (χ0) is 27.6. The van der Waals surface area contributed by atoms with Gasteiger partial charge < -0.3 is 9.88 Å². The van der Waals surface area contributed by atoms with Crippen LogP contribution in [0.3, 0.4) is 0 Å². The van der Waals surface area contributed by atoms with Gasteiger partial charge in [-0.1, -0.05) is 23.2 Å². The van der Waals surface area contributed by atoms with Gasteiger partial charge in [0.25, 0.3) is 5.91 Å². The second-order valence-corrected chi connectivity index (χ2v) is 8.88. The minimum Gasteiger partial charge on any atom is -0.324 e. The van der Waals surface area contributed by atoms with Crippen molar-refractivity contribution in [3.63, 3.8) is 0 Å². The number of imidazole rings is 1. The summed E-state index contributed by atoms with van der Waals surface area (Å²) in [5, 5.41) is 2.59. The fourth-order valence-corrected chi connectivity index (χ4v) is 4.13. The van der Waals surface area contributed by atoms with Gasteiger partial charge in [0.1, 0.15) is 16.7 Å². The molecule has 2 heterocycles. The molecule has 4 rings (SSSR count). The number of aryl methyl sites for hydroxylation is 3. The number of anilines is 1. The Labute approximate surface area is 222 Å². The van der Waals surface area contributed by atoms with Crippen molar-refractivity contribution in [2.75, 3.05) is 5.32 Å². The molecule has 0 aliphatic rings. The van der Waals surface area contributed by atoms with Crippen molar-refractivity contribution in [2.45, 2.75) is 25.8 Å². The zero-order valence-electron chi connectivity index (χ0n) is 19.1. The van der Waals surface area contributed by atoms with Gasteiger partial charge in [0, 0.05) is 13.0 Å². The Bertz CT molecular complexity index is 1480. The maximum Gasteiger partial charge on any atom is 0.274 e. The molecule has 0 atom stereocenters. The van der Waals surface area contributed by atoms with Crippen molar-refractivity contribution in [1.82, 2.24) is 14.5 Å². The molecule has 2 aromatic heterocycles. The van der Waals surface area contributed by atoms with E-state index in [1.165, 1.54) is 22.9 Å². The molecular formula is C25H16Cl2F6N4O. The maximum atomic E-state index is 13.7. The van der Waals surface area contributed by atoms with E-state index in [1.54, 1.807) is 0 Å². The normalized spacial score (nSPS) is 11.2. The number of aromatic nitrogens is 3. The zero-order valence-corrected chi connectivity index (χ0v) is 20.7. The van der Waals surface area contributed by atoms with Gasteiger partial charge >= 0.3 is 0 Å². The number of amides is 1. The van der Waals surface area contributed by atoms with Gasteiger partial charge in [-0.25, -0.2) is 36.3 Å². The third-order valence-electron chi connectivity index (χ3n) is 5.58. The Morgan fingerprint density at radius 1 is 0.816 bits per heavy atom. The van der Waals surface area contributed by atoms with E-state index in [9.17, 15) is 31.1 Å². The molecule has 1 amide bonds. The lowest BCUT2D eigenvalue weighted by Gasteiger charge is -2.13. The topological polar surface area (TPSA) is 59.8 Å². The lowest BCUT2D eigenvalue weighted by atomic mass is 10.1. The van der Waals surface area contributed by atoms with E-state index in [4.69, 9.17) is 23.2 Å². The molecule has 0 unspecified atom stereocenters. The van der Waals surface area contributed by atoms with E-state index in [-0.39, 0.29) is 64.4 Å². The fraction of sp³-hybridized carbons (Fsp3) is 0.160. The third-order valence-corrected chi connectivity index (χ3v) is 6.08. The Morgan fingerprint density at radius 3 is 1.92 bits per heavy atom. The number of hydrogen-bond acceptors (Lipinski definition) is 3. The summed E-state index contributed by atoms with van der Waals surface area (Å²) < 4.78 is 82.7. The molecule has 1 N–H and O–H groups in total. The molecule has 4 aromatic rings. The highest BCUT2D eigenvalue weighted by Gasteiger charge is 2.20. The van der Waals surface area contributed by atoms with Crippen molar-refractivity contribution in [3.05, 3.63) is 110 Å². The van der Waals surface area contributed by atoms with E-state index in [2.05, 4.69) is 15.3 Å². The standard InChI is InChI=1S/C25H16Cl2F6N4O/c26-20-3-2-18(24(27)36-20)35-25(38)19-11-34-21(4-1-12-7-14(28)22(32)15(29)8-12)37(19)6-5-13-9-16(30)23(33)17(31)10-13/h2-3,7-11H,1,4-6H2,(H,35,38). The number of benzene rings is 2. The van der Waals surface area contributed by atoms with Gasteiger partial charge in [-0.05, 0) is 60.4 Å². The summed E-state index contributed by atoms with van der Waals surface area (Å²) in [5.41, 5.74) is 0.421. The van der Waals surface area contributed by atoms with Crippen LogP contribution in [0.2, 0.25) is 10.3 Å². The van der Waals surface area contributed by atoms with Gasteiger partial charge in [0.2, 0.25) is 0 Å². The second-order valence-electron chi connectivity index (χ2n) is 8.13. The number of nitrogens with zero attached hydrogens (tertiary/aromatic N) is 3. The first-order chi connectivity index (χ1) is 18.0. The summed E-state index contributed by atoms with van der Waals surface area (Å²) in [6.45, 7) is -0.0264. The highest BCUT2D eigenvalue weighted by molar-refractivity contribution is 6.34. The summed E-state index contributed by atoms with van der Waals surface area (Å²) in [7, 11) is 0. The number of hydrogen-bond donors (Lipinski definition) is 1. The Hall–Kier alpha value is -3.57. The van der Waals surface area contributed by atoms with Crippen LogP contribution in [-0.4, -0.2) is 20.4 Å². The third kappa shape index (κ3) is 6.11. The summed E-state index contributed by atoms with van der Waals surface area (Å²) in [4.78, 5) is 21.1. The van der Waals surface area contributed by atoms with Gasteiger partial charge in [-0.2, -0.15) is 0 Å². The molecule has 2 aromatic carbocycles. The lowest BCUT2D eigenvalue weighted by Crippen LogP contribution is -2.20. The van der Waals surface area contributed by atoms with Crippen LogP contribution in [0.25, 0.3) is 0 Å². The summed E-state index contributed by atoms with van der Waals surface area (Å²) in [5.74, 6) is -9.01. The SMILES string of the molecule is O=C(Nc1ccc(Cl)nc1Cl)c1cnc(CCc2cc(F)c(F)c(F)c2)n1CCc1cc(F)c(F)c(F)c1. The van der Waals surface area contributed by atoms with Gasteiger partial charge in [-0.3, -0.25) is 4.79 Å². The number of rotatable bonds is 8. The highest BCUT2D eigenvalue weighted by atomic mass is 35.5. The molecule has 0 saturated heterocycles. The largest absolute Gasteiger partial charge is 0.324 e. The van der Waals surface area contributed by atoms with Crippen molar-refractivity contribution >= 4 is 34.8 Å². The van der Waals surface area contributed by atoms with Crippen molar-refractivity contribution < 1.29 is 31.1 Å². The molecule has 13 heteroatoms. The average molecular weight is 573 g/mol. The van der Waals surface area contributed by atoms with Gasteiger partial charge in [-0.15, -0.1) is 0 Å². The average Bonchev–Trinajstić information content (AvgIpc) is 3.27. The molecule has 0 radical (unpaired) electrons. The van der Waals surface area contributed by atoms with Crippen LogP contribution >= 0.6 is 23.2 Å². The molecule has 0 aliphatic carbocycles. The molecule has 0 saturated carbocycles. The van der Waals surface area contributed by atoms with Crippen molar-refractivity contribution in [3.8, 4) is 0 Å². The minimum atomic E-state index is -1.61. The number of halogens is 8.